The van der Waals surface area contributed by atoms with Gasteiger partial charge in [0.1, 0.15) is 0 Å². The first kappa shape index (κ1) is 24.8. The van der Waals surface area contributed by atoms with Crippen LogP contribution in [0.5, 0.6) is 0 Å². The number of carboxylic acids is 1. The second-order valence-corrected chi connectivity index (χ2v) is 7.10. The molecule has 0 saturated heterocycles. The zero-order chi connectivity index (χ0) is 19.8. The molecule has 0 aromatic heterocycles. The lowest BCUT2D eigenvalue weighted by Gasteiger charge is -2.21. The summed E-state index contributed by atoms with van der Waals surface area (Å²) in [6.45, 7) is 3.78. The molecule has 0 aliphatic carbocycles. The minimum Gasteiger partial charge on any atom is -0.481 e. The lowest BCUT2D eigenvalue weighted by atomic mass is 9.91. The van der Waals surface area contributed by atoms with E-state index in [-0.39, 0.29) is 12.3 Å². The molecule has 0 aliphatic heterocycles. The molecular weight excluding hydrogens is 332 g/mol. The van der Waals surface area contributed by atoms with E-state index < -0.39 is 24.3 Å². The van der Waals surface area contributed by atoms with E-state index in [1.807, 2.05) is 18.2 Å². The smallest absolute Gasteiger partial charge is 0.303 e. The number of carboxylic acid groups (broad SMARTS) is 1. The van der Waals surface area contributed by atoms with Crippen molar-refractivity contribution < 1.29 is 25.2 Å². The number of aliphatic hydroxyl groups excluding tert-OH is 3. The third-order valence-corrected chi connectivity index (χ3v) is 4.36. The molecule has 0 radical (unpaired) electrons. The van der Waals surface area contributed by atoms with E-state index in [0.29, 0.717) is 12.8 Å². The normalized spacial score (nSPS) is 16.8. The van der Waals surface area contributed by atoms with E-state index in [2.05, 4.69) is 6.92 Å². The second kappa shape index (κ2) is 16.0. The summed E-state index contributed by atoms with van der Waals surface area (Å²) in [5.41, 5.74) is 0. The lowest BCUT2D eigenvalue weighted by Crippen LogP contribution is -2.23. The van der Waals surface area contributed by atoms with Crippen LogP contribution in [0, 0.1) is 5.92 Å². The fourth-order valence-corrected chi connectivity index (χ4v) is 2.81. The number of unbranched alkanes of at least 4 members (excludes halogenated alkanes) is 3. The van der Waals surface area contributed by atoms with Gasteiger partial charge >= 0.3 is 5.97 Å². The first-order chi connectivity index (χ1) is 12.4. The predicted octanol–water partition coefficient (Wildman–Crippen LogP) is 3.82. The van der Waals surface area contributed by atoms with Crippen LogP contribution < -0.4 is 0 Å². The molecule has 4 atom stereocenters. The molecule has 5 heteroatoms. The average Bonchev–Trinajstić information content (AvgIpc) is 2.55. The highest BCUT2D eigenvalue weighted by Gasteiger charge is 2.18. The van der Waals surface area contributed by atoms with Gasteiger partial charge in [0.05, 0.1) is 18.3 Å². The minimum absolute atomic E-state index is 0.117. The SMILES string of the molecule is CCCCC[C@H](O)/C=C/C(CC/C=C\CCCC(=O)O)[C@H](O)C[C@@H](C)O. The van der Waals surface area contributed by atoms with Crippen molar-refractivity contribution in [1.29, 1.82) is 0 Å². The van der Waals surface area contributed by atoms with Crippen LogP contribution in [0.25, 0.3) is 0 Å². The highest BCUT2D eigenvalue weighted by Crippen LogP contribution is 2.19. The van der Waals surface area contributed by atoms with Crippen LogP contribution in [0.2, 0.25) is 0 Å². The molecule has 152 valence electrons. The van der Waals surface area contributed by atoms with E-state index in [9.17, 15) is 20.1 Å². The van der Waals surface area contributed by atoms with Crippen molar-refractivity contribution in [2.24, 2.45) is 5.92 Å². The molecule has 0 fully saturated rings. The third-order valence-electron chi connectivity index (χ3n) is 4.36. The van der Waals surface area contributed by atoms with Crippen LogP contribution in [0.4, 0.5) is 0 Å². The van der Waals surface area contributed by atoms with Gasteiger partial charge in [-0.05, 0) is 45.4 Å². The van der Waals surface area contributed by atoms with Gasteiger partial charge in [0.2, 0.25) is 0 Å². The van der Waals surface area contributed by atoms with Crippen molar-refractivity contribution in [2.45, 2.75) is 96.4 Å². The van der Waals surface area contributed by atoms with E-state index in [1.165, 1.54) is 0 Å². The number of rotatable bonds is 16. The lowest BCUT2D eigenvalue weighted by molar-refractivity contribution is -0.137. The molecule has 0 spiro atoms. The van der Waals surface area contributed by atoms with Gasteiger partial charge in [-0.3, -0.25) is 4.79 Å². The first-order valence-corrected chi connectivity index (χ1v) is 9.96. The zero-order valence-electron chi connectivity index (χ0n) is 16.4. The molecule has 0 aromatic carbocycles. The molecule has 26 heavy (non-hydrogen) atoms. The maximum atomic E-state index is 10.4. The van der Waals surface area contributed by atoms with Crippen molar-refractivity contribution in [3.05, 3.63) is 24.3 Å². The van der Waals surface area contributed by atoms with Crippen LogP contribution in [-0.2, 0) is 4.79 Å². The molecule has 0 amide bonds. The van der Waals surface area contributed by atoms with Gasteiger partial charge in [0.25, 0.3) is 0 Å². The summed E-state index contributed by atoms with van der Waals surface area (Å²) in [5, 5.41) is 38.5. The molecular formula is C21H38O5. The minimum atomic E-state index is -0.776. The molecule has 5 nitrogen and oxygen atoms in total. The number of allylic oxidation sites excluding steroid dienone is 2. The maximum absolute atomic E-state index is 10.4. The van der Waals surface area contributed by atoms with Crippen LogP contribution in [0.3, 0.4) is 0 Å². The Morgan fingerprint density at radius 2 is 1.65 bits per heavy atom. The topological polar surface area (TPSA) is 98.0 Å². The largest absolute Gasteiger partial charge is 0.481 e. The predicted molar refractivity (Wildman–Crippen MR) is 105 cm³/mol. The molecule has 0 aromatic rings. The molecule has 0 aliphatic rings. The van der Waals surface area contributed by atoms with Crippen molar-refractivity contribution in [3.8, 4) is 0 Å². The Morgan fingerprint density at radius 3 is 2.27 bits per heavy atom. The Hall–Kier alpha value is -1.17. The molecule has 1 unspecified atom stereocenters. The number of hydrogen-bond acceptors (Lipinski definition) is 4. The summed E-state index contributed by atoms with van der Waals surface area (Å²) in [5.74, 6) is -0.892. The zero-order valence-corrected chi connectivity index (χ0v) is 16.4. The summed E-state index contributed by atoms with van der Waals surface area (Å²) >= 11 is 0. The Labute approximate surface area is 158 Å². The van der Waals surface area contributed by atoms with Gasteiger partial charge in [0.15, 0.2) is 0 Å². The number of hydrogen-bond donors (Lipinski definition) is 4. The van der Waals surface area contributed by atoms with Crippen molar-refractivity contribution >= 4 is 5.97 Å². The summed E-state index contributed by atoms with van der Waals surface area (Å²) in [4.78, 5) is 10.4. The Bertz CT molecular complexity index is 403. The summed E-state index contributed by atoms with van der Waals surface area (Å²) < 4.78 is 0. The van der Waals surface area contributed by atoms with E-state index in [0.717, 1.165) is 44.9 Å². The van der Waals surface area contributed by atoms with Gasteiger partial charge in [0, 0.05) is 12.3 Å². The average molecular weight is 371 g/mol. The van der Waals surface area contributed by atoms with Gasteiger partial charge in [-0.15, -0.1) is 0 Å². The molecule has 0 rings (SSSR count). The van der Waals surface area contributed by atoms with E-state index in [4.69, 9.17) is 5.11 Å². The van der Waals surface area contributed by atoms with Crippen molar-refractivity contribution in [3.63, 3.8) is 0 Å². The van der Waals surface area contributed by atoms with Crippen molar-refractivity contribution in [1.82, 2.24) is 0 Å². The van der Waals surface area contributed by atoms with Gasteiger partial charge in [-0.1, -0.05) is 50.5 Å². The fourth-order valence-electron chi connectivity index (χ4n) is 2.81. The first-order valence-electron chi connectivity index (χ1n) is 9.96. The third kappa shape index (κ3) is 15.1. The quantitative estimate of drug-likeness (QED) is 0.244. The van der Waals surface area contributed by atoms with Crippen LogP contribution >= 0.6 is 0 Å². The Morgan fingerprint density at radius 1 is 0.962 bits per heavy atom. The van der Waals surface area contributed by atoms with Crippen LogP contribution in [-0.4, -0.2) is 44.7 Å². The molecule has 0 saturated carbocycles. The number of aliphatic hydroxyl groups is 3. The van der Waals surface area contributed by atoms with Gasteiger partial charge in [-0.2, -0.15) is 0 Å². The summed E-state index contributed by atoms with van der Waals surface area (Å²) in [6.07, 6.45) is 13.2. The highest BCUT2D eigenvalue weighted by molar-refractivity contribution is 5.66. The summed E-state index contributed by atoms with van der Waals surface area (Å²) in [7, 11) is 0. The van der Waals surface area contributed by atoms with E-state index in [1.54, 1.807) is 13.0 Å². The summed E-state index contributed by atoms with van der Waals surface area (Å²) in [6, 6.07) is 0. The molecule has 0 bridgehead atoms. The van der Waals surface area contributed by atoms with Crippen LogP contribution in [0.1, 0.15) is 78.1 Å². The van der Waals surface area contributed by atoms with Gasteiger partial charge < -0.3 is 20.4 Å². The monoisotopic (exact) mass is 370 g/mol. The van der Waals surface area contributed by atoms with Gasteiger partial charge in [-0.25, -0.2) is 0 Å². The standard InChI is InChI=1S/C21H38O5/c1-3-4-8-12-19(23)15-14-18(20(24)16-17(2)22)11-9-6-5-7-10-13-21(25)26/h5-6,14-15,17-20,22-24H,3-4,7-13,16H2,1-2H3,(H,25,26)/b6-5-,15-14+/t17-,18?,19+,20-/m1/s1. The highest BCUT2D eigenvalue weighted by atomic mass is 16.4. The van der Waals surface area contributed by atoms with Crippen molar-refractivity contribution in [2.75, 3.05) is 0 Å². The maximum Gasteiger partial charge on any atom is 0.303 e. The Kier molecular flexibility index (Phi) is 15.3. The number of aliphatic carboxylic acids is 1. The van der Waals surface area contributed by atoms with Crippen LogP contribution in [0.15, 0.2) is 24.3 Å². The number of carbonyl (C=O) groups is 1. The Balaban J connectivity index is 4.41. The molecule has 4 N–H and O–H groups in total. The second-order valence-electron chi connectivity index (χ2n) is 7.10. The fraction of sp³-hybridized carbons (Fsp3) is 0.762. The molecule has 0 heterocycles. The van der Waals surface area contributed by atoms with E-state index >= 15 is 0 Å².